The van der Waals surface area contributed by atoms with E-state index in [9.17, 15) is 0 Å². The van der Waals surface area contributed by atoms with Crippen LogP contribution < -0.4 is 5.32 Å². The van der Waals surface area contributed by atoms with Gasteiger partial charge in [0, 0.05) is 11.9 Å². The number of fused-ring (bicyclic) bond motifs is 1. The summed E-state index contributed by atoms with van der Waals surface area (Å²) in [6.07, 6.45) is 6.30. The van der Waals surface area contributed by atoms with E-state index in [0.717, 1.165) is 18.7 Å². The molecule has 2 aromatic rings. The normalized spacial score (nSPS) is 13.6. The van der Waals surface area contributed by atoms with Crippen LogP contribution in [0.2, 0.25) is 0 Å². The molecule has 2 aromatic heterocycles. The van der Waals surface area contributed by atoms with Gasteiger partial charge in [-0.3, -0.25) is 0 Å². The molecule has 0 bridgehead atoms. The van der Waals surface area contributed by atoms with Crippen LogP contribution in [0.5, 0.6) is 0 Å². The van der Waals surface area contributed by atoms with E-state index in [1.54, 1.807) is 18.3 Å². The Morgan fingerprint density at radius 1 is 1.37 bits per heavy atom. The molecular weight excluding hydrogens is 238 g/mol. The minimum atomic E-state index is 0.554. The Labute approximate surface area is 111 Å². The first-order valence-corrected chi connectivity index (χ1v) is 6.52. The van der Waals surface area contributed by atoms with Gasteiger partial charge in [-0.2, -0.15) is 5.26 Å². The lowest BCUT2D eigenvalue weighted by Gasteiger charge is -2.07. The third-order valence-corrected chi connectivity index (χ3v) is 3.36. The fourth-order valence-corrected chi connectivity index (χ4v) is 2.40. The maximum absolute atomic E-state index is 8.99. The van der Waals surface area contributed by atoms with Gasteiger partial charge in [0.05, 0.1) is 17.8 Å². The summed E-state index contributed by atoms with van der Waals surface area (Å²) in [6, 6.07) is 5.64. The van der Waals surface area contributed by atoms with Crippen molar-refractivity contribution in [1.82, 2.24) is 15.0 Å². The first kappa shape index (κ1) is 11.7. The number of imidazole rings is 1. The highest BCUT2D eigenvalue weighted by atomic mass is 15.0. The van der Waals surface area contributed by atoms with Crippen LogP contribution in [0.25, 0.3) is 0 Å². The number of hydrogen-bond donors (Lipinski definition) is 2. The molecule has 5 heteroatoms. The summed E-state index contributed by atoms with van der Waals surface area (Å²) in [4.78, 5) is 12.1. The molecule has 2 heterocycles. The lowest BCUT2D eigenvalue weighted by Crippen LogP contribution is -2.04. The van der Waals surface area contributed by atoms with Crippen molar-refractivity contribution in [3.63, 3.8) is 0 Å². The van der Waals surface area contributed by atoms with Gasteiger partial charge in [0.15, 0.2) is 0 Å². The van der Waals surface area contributed by atoms with Crippen LogP contribution in [0, 0.1) is 11.3 Å². The number of rotatable bonds is 3. The van der Waals surface area contributed by atoms with Gasteiger partial charge >= 0.3 is 0 Å². The van der Waals surface area contributed by atoms with E-state index in [1.807, 2.05) is 0 Å². The topological polar surface area (TPSA) is 77.4 Å². The Morgan fingerprint density at radius 2 is 2.26 bits per heavy atom. The van der Waals surface area contributed by atoms with Crippen molar-refractivity contribution < 1.29 is 0 Å². The lowest BCUT2D eigenvalue weighted by atomic mass is 10.0. The minimum Gasteiger partial charge on any atom is -0.362 e. The summed E-state index contributed by atoms with van der Waals surface area (Å²) >= 11 is 0. The summed E-state index contributed by atoms with van der Waals surface area (Å²) in [5, 5.41) is 12.2. The van der Waals surface area contributed by atoms with Crippen LogP contribution in [0.3, 0.4) is 0 Å². The van der Waals surface area contributed by atoms with Gasteiger partial charge in [0.25, 0.3) is 0 Å². The van der Waals surface area contributed by atoms with E-state index < -0.39 is 0 Å². The molecule has 1 aliphatic carbocycles. The number of pyridine rings is 1. The third kappa shape index (κ3) is 2.43. The van der Waals surface area contributed by atoms with Crippen LogP contribution in [0.15, 0.2) is 18.3 Å². The zero-order chi connectivity index (χ0) is 13.1. The lowest BCUT2D eigenvalue weighted by molar-refractivity contribution is 0.667. The largest absolute Gasteiger partial charge is 0.362 e. The van der Waals surface area contributed by atoms with Crippen molar-refractivity contribution in [3.8, 4) is 6.07 Å². The molecule has 0 spiro atoms. The molecule has 0 saturated heterocycles. The molecule has 0 aromatic carbocycles. The Hall–Kier alpha value is -2.35. The van der Waals surface area contributed by atoms with Crippen LogP contribution >= 0.6 is 0 Å². The number of nitrogens with zero attached hydrogens (tertiary/aromatic N) is 3. The number of hydrogen-bond acceptors (Lipinski definition) is 4. The van der Waals surface area contributed by atoms with Gasteiger partial charge in [-0.1, -0.05) is 0 Å². The summed E-state index contributed by atoms with van der Waals surface area (Å²) in [5.74, 6) is 1.53. The Morgan fingerprint density at radius 3 is 3.11 bits per heavy atom. The molecule has 5 nitrogen and oxygen atoms in total. The Bertz CT molecular complexity index is 600. The fraction of sp³-hybridized carbons (Fsp3) is 0.357. The first-order chi connectivity index (χ1) is 9.36. The van der Waals surface area contributed by atoms with Gasteiger partial charge in [-0.25, -0.2) is 9.97 Å². The molecule has 3 rings (SSSR count). The number of aromatic amines is 1. The van der Waals surface area contributed by atoms with Crippen molar-refractivity contribution in [3.05, 3.63) is 41.1 Å². The number of nitrogens with one attached hydrogen (secondary N) is 2. The molecule has 19 heavy (non-hydrogen) atoms. The first-order valence-electron chi connectivity index (χ1n) is 6.52. The second kappa shape index (κ2) is 5.11. The number of aromatic nitrogens is 3. The number of aryl methyl sites for hydroxylation is 2. The molecule has 0 fully saturated rings. The quantitative estimate of drug-likeness (QED) is 0.878. The van der Waals surface area contributed by atoms with Crippen molar-refractivity contribution in [2.45, 2.75) is 32.2 Å². The van der Waals surface area contributed by atoms with E-state index in [-0.39, 0.29) is 0 Å². The van der Waals surface area contributed by atoms with Crippen LogP contribution in [-0.2, 0) is 19.4 Å². The number of H-pyrrole nitrogens is 1. The Kier molecular flexibility index (Phi) is 3.15. The monoisotopic (exact) mass is 253 g/mol. The SMILES string of the molecule is N#Cc1cccnc1NCc1nc2c([nH]1)CCCC2. The number of anilines is 1. The minimum absolute atomic E-state index is 0.554. The fourth-order valence-electron chi connectivity index (χ4n) is 2.40. The van der Waals surface area contributed by atoms with Crippen LogP contribution in [-0.4, -0.2) is 15.0 Å². The maximum atomic E-state index is 8.99. The predicted molar refractivity (Wildman–Crippen MR) is 71.5 cm³/mol. The highest BCUT2D eigenvalue weighted by Crippen LogP contribution is 2.19. The summed E-state index contributed by atoms with van der Waals surface area (Å²) in [5.41, 5.74) is 3.02. The van der Waals surface area contributed by atoms with E-state index in [2.05, 4.69) is 26.3 Å². The van der Waals surface area contributed by atoms with E-state index in [0.29, 0.717) is 17.9 Å². The van der Waals surface area contributed by atoms with Gasteiger partial charge in [0.2, 0.25) is 0 Å². The smallest absolute Gasteiger partial charge is 0.144 e. The zero-order valence-corrected chi connectivity index (χ0v) is 10.6. The molecule has 0 saturated carbocycles. The van der Waals surface area contributed by atoms with Crippen molar-refractivity contribution in [1.29, 1.82) is 5.26 Å². The van der Waals surface area contributed by atoms with Crippen molar-refractivity contribution in [2.75, 3.05) is 5.32 Å². The van der Waals surface area contributed by atoms with Crippen LogP contribution in [0.4, 0.5) is 5.82 Å². The molecule has 0 unspecified atom stereocenters. The van der Waals surface area contributed by atoms with E-state index in [4.69, 9.17) is 5.26 Å². The standard InChI is InChI=1S/C14H15N5/c15-8-10-4-3-7-16-14(10)17-9-13-18-11-5-1-2-6-12(11)19-13/h3-4,7H,1-2,5-6,9H2,(H,16,17)(H,18,19). The molecule has 2 N–H and O–H groups in total. The second-order valence-corrected chi connectivity index (χ2v) is 4.68. The molecule has 0 radical (unpaired) electrons. The molecule has 0 atom stereocenters. The van der Waals surface area contributed by atoms with Crippen molar-refractivity contribution in [2.24, 2.45) is 0 Å². The molecule has 0 amide bonds. The molecule has 0 aliphatic heterocycles. The molecule has 96 valence electrons. The highest BCUT2D eigenvalue weighted by molar-refractivity contribution is 5.51. The van der Waals surface area contributed by atoms with E-state index in [1.165, 1.54) is 24.2 Å². The highest BCUT2D eigenvalue weighted by Gasteiger charge is 2.14. The molecule has 1 aliphatic rings. The molecular formula is C14H15N5. The zero-order valence-electron chi connectivity index (χ0n) is 10.6. The van der Waals surface area contributed by atoms with E-state index >= 15 is 0 Å². The summed E-state index contributed by atoms with van der Waals surface area (Å²) < 4.78 is 0. The van der Waals surface area contributed by atoms with Gasteiger partial charge in [-0.15, -0.1) is 0 Å². The maximum Gasteiger partial charge on any atom is 0.144 e. The van der Waals surface area contributed by atoms with Gasteiger partial charge in [-0.05, 0) is 37.8 Å². The predicted octanol–water partition coefficient (Wildman–Crippen LogP) is 2.17. The average Bonchev–Trinajstić information content (AvgIpc) is 2.88. The second-order valence-electron chi connectivity index (χ2n) is 4.68. The summed E-state index contributed by atoms with van der Waals surface area (Å²) in [7, 11) is 0. The Balaban J connectivity index is 1.72. The summed E-state index contributed by atoms with van der Waals surface area (Å²) in [6.45, 7) is 0.568. The third-order valence-electron chi connectivity index (χ3n) is 3.36. The van der Waals surface area contributed by atoms with Crippen LogP contribution in [0.1, 0.15) is 35.6 Å². The van der Waals surface area contributed by atoms with Gasteiger partial charge < -0.3 is 10.3 Å². The average molecular weight is 253 g/mol. The van der Waals surface area contributed by atoms with Crippen molar-refractivity contribution >= 4 is 5.82 Å². The number of nitriles is 1. The van der Waals surface area contributed by atoms with Gasteiger partial charge in [0.1, 0.15) is 17.7 Å².